The summed E-state index contributed by atoms with van der Waals surface area (Å²) in [5.41, 5.74) is 0. The number of hydrogen-bond donors (Lipinski definition) is 2. The molecule has 2 N–H and O–H groups in total. The van der Waals surface area contributed by atoms with Gasteiger partial charge in [0.1, 0.15) is 0 Å². The molecule has 0 radical (unpaired) electrons. The summed E-state index contributed by atoms with van der Waals surface area (Å²) in [6.45, 7) is 3.68. The lowest BCUT2D eigenvalue weighted by atomic mass is 10.2. The fraction of sp³-hybridized carbons (Fsp3) is 0.667. The molecule has 0 aliphatic heterocycles. The molecular formula is C9H15NO2. The highest BCUT2D eigenvalue weighted by atomic mass is 16.2. The van der Waals surface area contributed by atoms with Crippen LogP contribution in [0.4, 0.5) is 0 Å². The molecule has 0 fully saturated rings. The second-order valence-electron chi connectivity index (χ2n) is 2.62. The molecule has 68 valence electrons. The van der Waals surface area contributed by atoms with E-state index in [0.29, 0.717) is 6.42 Å². The van der Waals surface area contributed by atoms with Gasteiger partial charge in [-0.3, -0.25) is 4.79 Å². The monoisotopic (exact) mass is 169 g/mol. The van der Waals surface area contributed by atoms with Crippen LogP contribution in [0, 0.1) is 11.8 Å². The minimum atomic E-state index is -0.247. The number of amides is 1. The van der Waals surface area contributed by atoms with Gasteiger partial charge in [-0.15, -0.1) is 0 Å². The molecule has 0 aliphatic rings. The van der Waals surface area contributed by atoms with E-state index in [-0.39, 0.29) is 18.6 Å². The average Bonchev–Trinajstić information content (AvgIpc) is 2.01. The minimum Gasteiger partial charge on any atom is -0.396 e. The molecule has 0 aromatic carbocycles. The number of aliphatic hydroxyl groups is 1. The Labute approximate surface area is 73.2 Å². The zero-order chi connectivity index (χ0) is 9.40. The molecule has 0 saturated carbocycles. The molecular weight excluding hydrogens is 154 g/mol. The van der Waals surface area contributed by atoms with Gasteiger partial charge in [0.15, 0.2) is 0 Å². The molecule has 0 aliphatic carbocycles. The zero-order valence-electron chi connectivity index (χ0n) is 7.55. The number of nitrogens with one attached hydrogen (secondary N) is 1. The SMILES string of the molecule is CC#CC(=O)NC(C)CCCO. The van der Waals surface area contributed by atoms with Gasteiger partial charge in [-0.25, -0.2) is 0 Å². The van der Waals surface area contributed by atoms with E-state index < -0.39 is 0 Å². The van der Waals surface area contributed by atoms with Gasteiger partial charge in [0.05, 0.1) is 0 Å². The maximum Gasteiger partial charge on any atom is 0.296 e. The van der Waals surface area contributed by atoms with Crippen molar-refractivity contribution in [1.29, 1.82) is 0 Å². The molecule has 1 unspecified atom stereocenters. The molecule has 1 atom stereocenters. The summed E-state index contributed by atoms with van der Waals surface area (Å²) in [4.78, 5) is 10.9. The first kappa shape index (κ1) is 11.0. The van der Waals surface area contributed by atoms with Crippen molar-refractivity contribution in [2.75, 3.05) is 6.61 Å². The summed E-state index contributed by atoms with van der Waals surface area (Å²) >= 11 is 0. The van der Waals surface area contributed by atoms with Crippen LogP contribution >= 0.6 is 0 Å². The third kappa shape index (κ3) is 5.75. The molecule has 0 aromatic rings. The summed E-state index contributed by atoms with van der Waals surface area (Å²) in [5, 5.41) is 11.2. The summed E-state index contributed by atoms with van der Waals surface area (Å²) in [5.74, 6) is 4.66. The van der Waals surface area contributed by atoms with E-state index >= 15 is 0 Å². The average molecular weight is 169 g/mol. The van der Waals surface area contributed by atoms with E-state index in [0.717, 1.165) is 6.42 Å². The second kappa shape index (κ2) is 6.68. The second-order valence-corrected chi connectivity index (χ2v) is 2.62. The lowest BCUT2D eigenvalue weighted by molar-refractivity contribution is -0.116. The third-order valence-corrected chi connectivity index (χ3v) is 1.41. The van der Waals surface area contributed by atoms with Crippen molar-refractivity contribution in [3.05, 3.63) is 0 Å². The molecule has 1 amide bonds. The van der Waals surface area contributed by atoms with Crippen LogP contribution in [0.25, 0.3) is 0 Å². The van der Waals surface area contributed by atoms with E-state index in [1.165, 1.54) is 0 Å². The molecule has 3 nitrogen and oxygen atoms in total. The highest BCUT2D eigenvalue weighted by Crippen LogP contribution is 1.94. The molecule has 3 heteroatoms. The van der Waals surface area contributed by atoms with Gasteiger partial charge in [0.2, 0.25) is 0 Å². The molecule has 0 rings (SSSR count). The first-order chi connectivity index (χ1) is 5.70. The predicted octanol–water partition coefficient (Wildman–Crippen LogP) is 0.287. The predicted molar refractivity (Wildman–Crippen MR) is 47.4 cm³/mol. The first-order valence-corrected chi connectivity index (χ1v) is 4.04. The molecule has 0 aromatic heterocycles. The van der Waals surface area contributed by atoms with E-state index in [1.807, 2.05) is 6.92 Å². The normalized spacial score (nSPS) is 11.2. The lowest BCUT2D eigenvalue weighted by Crippen LogP contribution is -2.31. The van der Waals surface area contributed by atoms with E-state index in [9.17, 15) is 4.79 Å². The van der Waals surface area contributed by atoms with Gasteiger partial charge in [-0.1, -0.05) is 5.92 Å². The van der Waals surface area contributed by atoms with Crippen molar-refractivity contribution >= 4 is 5.91 Å². The topological polar surface area (TPSA) is 49.3 Å². The Kier molecular flexibility index (Phi) is 6.12. The van der Waals surface area contributed by atoms with Gasteiger partial charge in [-0.05, 0) is 32.6 Å². The number of aliphatic hydroxyl groups excluding tert-OH is 1. The third-order valence-electron chi connectivity index (χ3n) is 1.41. The van der Waals surface area contributed by atoms with Crippen LogP contribution in [-0.2, 0) is 4.79 Å². The number of carbonyl (C=O) groups is 1. The Bertz CT molecular complexity index is 190. The van der Waals surface area contributed by atoms with E-state index in [4.69, 9.17) is 5.11 Å². The number of rotatable bonds is 4. The van der Waals surface area contributed by atoms with Crippen molar-refractivity contribution < 1.29 is 9.90 Å². The van der Waals surface area contributed by atoms with Crippen molar-refractivity contribution in [3.8, 4) is 11.8 Å². The van der Waals surface area contributed by atoms with E-state index in [2.05, 4.69) is 17.2 Å². The van der Waals surface area contributed by atoms with E-state index in [1.54, 1.807) is 6.92 Å². The molecule has 0 saturated heterocycles. The van der Waals surface area contributed by atoms with Crippen LogP contribution in [-0.4, -0.2) is 23.7 Å². The maximum absolute atomic E-state index is 10.9. The minimum absolute atomic E-state index is 0.0884. The summed E-state index contributed by atoms with van der Waals surface area (Å²) < 4.78 is 0. The summed E-state index contributed by atoms with van der Waals surface area (Å²) in [6, 6.07) is 0.0884. The van der Waals surface area contributed by atoms with Crippen molar-refractivity contribution in [3.63, 3.8) is 0 Å². The smallest absolute Gasteiger partial charge is 0.296 e. The van der Waals surface area contributed by atoms with Crippen LogP contribution in [0.2, 0.25) is 0 Å². The Morgan fingerprint density at radius 1 is 1.67 bits per heavy atom. The van der Waals surface area contributed by atoms with Crippen LogP contribution < -0.4 is 5.32 Å². The molecule has 0 bridgehead atoms. The highest BCUT2D eigenvalue weighted by molar-refractivity contribution is 5.93. The molecule has 0 heterocycles. The van der Waals surface area contributed by atoms with Gasteiger partial charge in [0, 0.05) is 12.6 Å². The van der Waals surface area contributed by atoms with Crippen LogP contribution in [0.5, 0.6) is 0 Å². The van der Waals surface area contributed by atoms with Gasteiger partial charge < -0.3 is 10.4 Å². The number of hydrogen-bond acceptors (Lipinski definition) is 2. The van der Waals surface area contributed by atoms with Crippen molar-refractivity contribution in [1.82, 2.24) is 5.32 Å². The fourth-order valence-electron chi connectivity index (χ4n) is 0.843. The summed E-state index contributed by atoms with van der Waals surface area (Å²) in [6.07, 6.45) is 1.49. The van der Waals surface area contributed by atoms with Crippen molar-refractivity contribution in [2.24, 2.45) is 0 Å². The Balaban J connectivity index is 3.58. The van der Waals surface area contributed by atoms with Crippen LogP contribution in [0.3, 0.4) is 0 Å². The zero-order valence-corrected chi connectivity index (χ0v) is 7.55. The van der Waals surface area contributed by atoms with Crippen LogP contribution in [0.15, 0.2) is 0 Å². The summed E-state index contributed by atoms with van der Waals surface area (Å²) in [7, 11) is 0. The van der Waals surface area contributed by atoms with Gasteiger partial charge in [0.25, 0.3) is 5.91 Å². The Morgan fingerprint density at radius 2 is 2.33 bits per heavy atom. The van der Waals surface area contributed by atoms with Gasteiger partial charge >= 0.3 is 0 Å². The highest BCUT2D eigenvalue weighted by Gasteiger charge is 2.02. The van der Waals surface area contributed by atoms with Crippen LogP contribution in [0.1, 0.15) is 26.7 Å². The fourth-order valence-corrected chi connectivity index (χ4v) is 0.843. The number of carbonyl (C=O) groups excluding carboxylic acids is 1. The van der Waals surface area contributed by atoms with Gasteiger partial charge in [-0.2, -0.15) is 0 Å². The first-order valence-electron chi connectivity index (χ1n) is 4.04. The quantitative estimate of drug-likeness (QED) is 0.594. The maximum atomic E-state index is 10.9. The standard InChI is InChI=1S/C9H15NO2/c1-3-5-9(12)10-8(2)6-4-7-11/h8,11H,4,6-7H2,1-2H3,(H,10,12). The Morgan fingerprint density at radius 3 is 2.83 bits per heavy atom. The largest absolute Gasteiger partial charge is 0.396 e. The van der Waals surface area contributed by atoms with Crippen molar-refractivity contribution in [2.45, 2.75) is 32.7 Å². The lowest BCUT2D eigenvalue weighted by Gasteiger charge is -2.09. The Hall–Kier alpha value is -1.01. The molecule has 0 spiro atoms. The molecule has 12 heavy (non-hydrogen) atoms.